The molecule has 0 fully saturated rings. The van der Waals surface area contributed by atoms with Gasteiger partial charge in [0.1, 0.15) is 6.10 Å². The van der Waals surface area contributed by atoms with Gasteiger partial charge in [0, 0.05) is 0 Å². The highest BCUT2D eigenvalue weighted by atomic mass is 16.4. The zero-order valence-corrected chi connectivity index (χ0v) is 7.03. The Labute approximate surface area is 67.7 Å². The Balaban J connectivity index is 3.28. The molecule has 0 heterocycles. The Morgan fingerprint density at radius 3 is 2.18 bits per heavy atom. The molecular weight excluding hydrogens is 144 g/mol. The maximum atomic E-state index is 9.13. The molecular formula is C8H18O3. The lowest BCUT2D eigenvalue weighted by Crippen LogP contribution is -2.28. The van der Waals surface area contributed by atoms with Crippen molar-refractivity contribution in [2.45, 2.75) is 44.8 Å². The summed E-state index contributed by atoms with van der Waals surface area (Å²) in [6.07, 6.45) is 1.93. The van der Waals surface area contributed by atoms with Crippen LogP contribution in [0.3, 0.4) is 0 Å². The molecule has 0 rings (SSSR count). The normalized spacial score (nSPS) is 16.4. The van der Waals surface area contributed by atoms with Crippen LogP contribution in [0, 0.1) is 0 Å². The maximum Gasteiger partial charge on any atom is 0.103 e. The summed E-state index contributed by atoms with van der Waals surface area (Å²) in [6.45, 7) is 1.72. The van der Waals surface area contributed by atoms with E-state index < -0.39 is 12.2 Å². The lowest BCUT2D eigenvalue weighted by molar-refractivity contribution is -0.0185. The number of hydrogen-bond donors (Lipinski definition) is 3. The third-order valence-corrected chi connectivity index (χ3v) is 1.73. The van der Waals surface area contributed by atoms with Crippen molar-refractivity contribution in [2.24, 2.45) is 0 Å². The molecule has 0 saturated heterocycles. The van der Waals surface area contributed by atoms with Crippen LogP contribution in [0.5, 0.6) is 0 Å². The van der Waals surface area contributed by atoms with Crippen LogP contribution in [0.1, 0.15) is 32.6 Å². The Morgan fingerprint density at radius 1 is 1.09 bits per heavy atom. The van der Waals surface area contributed by atoms with E-state index in [1.54, 1.807) is 0 Å². The predicted molar refractivity (Wildman–Crippen MR) is 43.2 cm³/mol. The quantitative estimate of drug-likeness (QED) is 0.492. The number of rotatable bonds is 6. The van der Waals surface area contributed by atoms with Gasteiger partial charge in [-0.05, 0) is 6.42 Å². The molecule has 0 amide bonds. The molecule has 0 aliphatic carbocycles. The smallest absolute Gasteiger partial charge is 0.103 e. The van der Waals surface area contributed by atoms with E-state index in [1.807, 2.05) is 0 Å². The minimum absolute atomic E-state index is 0.354. The first kappa shape index (κ1) is 10.9. The Morgan fingerprint density at radius 2 is 1.73 bits per heavy atom. The molecule has 0 aromatic carbocycles. The van der Waals surface area contributed by atoms with Crippen LogP contribution in [0.4, 0.5) is 0 Å². The van der Waals surface area contributed by atoms with Gasteiger partial charge in [-0.3, -0.25) is 0 Å². The van der Waals surface area contributed by atoms with E-state index in [9.17, 15) is 0 Å². The second-order valence-corrected chi connectivity index (χ2v) is 2.81. The average molecular weight is 162 g/mol. The topological polar surface area (TPSA) is 60.7 Å². The molecule has 3 nitrogen and oxygen atoms in total. The zero-order chi connectivity index (χ0) is 8.69. The minimum Gasteiger partial charge on any atom is -0.394 e. The van der Waals surface area contributed by atoms with Crippen LogP contribution in [0.2, 0.25) is 0 Å². The van der Waals surface area contributed by atoms with Crippen molar-refractivity contribution in [3.8, 4) is 0 Å². The van der Waals surface area contributed by atoms with Crippen LogP contribution in [0.15, 0.2) is 0 Å². The highest BCUT2D eigenvalue weighted by molar-refractivity contribution is 4.65. The fraction of sp³-hybridized carbons (Fsp3) is 1.00. The third-order valence-electron chi connectivity index (χ3n) is 1.73. The Bertz CT molecular complexity index is 85.4. The first-order chi connectivity index (χ1) is 5.22. The van der Waals surface area contributed by atoms with Gasteiger partial charge in [-0.15, -0.1) is 0 Å². The first-order valence-electron chi connectivity index (χ1n) is 4.19. The summed E-state index contributed by atoms with van der Waals surface area (Å²) in [5.41, 5.74) is 0. The molecule has 0 radical (unpaired) electrons. The monoisotopic (exact) mass is 162 g/mol. The van der Waals surface area contributed by atoms with E-state index in [1.165, 1.54) is 0 Å². The molecule has 0 aliphatic rings. The van der Waals surface area contributed by atoms with Crippen molar-refractivity contribution in [3.63, 3.8) is 0 Å². The van der Waals surface area contributed by atoms with Crippen molar-refractivity contribution in [3.05, 3.63) is 0 Å². The van der Waals surface area contributed by atoms with E-state index in [-0.39, 0.29) is 6.61 Å². The van der Waals surface area contributed by atoms with Gasteiger partial charge in [0.2, 0.25) is 0 Å². The van der Waals surface area contributed by atoms with Gasteiger partial charge in [0.05, 0.1) is 12.7 Å². The molecule has 0 bridgehead atoms. The summed E-state index contributed by atoms with van der Waals surface area (Å²) in [5, 5.41) is 26.5. The molecule has 3 heteroatoms. The van der Waals surface area contributed by atoms with Gasteiger partial charge in [0.15, 0.2) is 0 Å². The summed E-state index contributed by atoms with van der Waals surface area (Å²) in [4.78, 5) is 0. The number of unbranched alkanes of at least 4 members (excludes halogenated alkanes) is 2. The highest BCUT2D eigenvalue weighted by Gasteiger charge is 2.13. The maximum absolute atomic E-state index is 9.13. The fourth-order valence-corrected chi connectivity index (χ4v) is 0.918. The van der Waals surface area contributed by atoms with E-state index in [4.69, 9.17) is 15.3 Å². The standard InChI is InChI=1S/C8H18O3/c1-2-3-4-5-7(10)8(11)6-9/h7-11H,2-6H2,1H3/t7-,8?/m0/s1. The molecule has 0 spiro atoms. The summed E-state index contributed by atoms with van der Waals surface area (Å²) in [7, 11) is 0. The highest BCUT2D eigenvalue weighted by Crippen LogP contribution is 2.05. The van der Waals surface area contributed by atoms with Crippen molar-refractivity contribution < 1.29 is 15.3 Å². The minimum atomic E-state index is -0.966. The van der Waals surface area contributed by atoms with Gasteiger partial charge in [-0.1, -0.05) is 26.2 Å². The van der Waals surface area contributed by atoms with E-state index >= 15 is 0 Å². The SMILES string of the molecule is CCCCC[C@H](O)C(O)CO. The molecule has 0 aromatic rings. The third kappa shape index (κ3) is 5.18. The summed E-state index contributed by atoms with van der Waals surface area (Å²) < 4.78 is 0. The molecule has 2 atom stereocenters. The van der Waals surface area contributed by atoms with Crippen molar-refractivity contribution >= 4 is 0 Å². The number of aliphatic hydroxyl groups is 3. The molecule has 1 unspecified atom stereocenters. The summed E-state index contributed by atoms with van der Waals surface area (Å²) >= 11 is 0. The summed E-state index contributed by atoms with van der Waals surface area (Å²) in [6, 6.07) is 0. The van der Waals surface area contributed by atoms with Crippen molar-refractivity contribution in [2.75, 3.05) is 6.61 Å². The molecule has 0 saturated carbocycles. The van der Waals surface area contributed by atoms with Crippen LogP contribution >= 0.6 is 0 Å². The first-order valence-corrected chi connectivity index (χ1v) is 4.19. The van der Waals surface area contributed by atoms with Crippen LogP contribution in [-0.2, 0) is 0 Å². The molecule has 3 N–H and O–H groups in total. The molecule has 68 valence electrons. The second kappa shape index (κ2) is 6.58. The van der Waals surface area contributed by atoms with Crippen molar-refractivity contribution in [1.29, 1.82) is 0 Å². The largest absolute Gasteiger partial charge is 0.394 e. The Kier molecular flexibility index (Phi) is 6.51. The van der Waals surface area contributed by atoms with Gasteiger partial charge in [0.25, 0.3) is 0 Å². The van der Waals surface area contributed by atoms with Gasteiger partial charge < -0.3 is 15.3 Å². The fourth-order valence-electron chi connectivity index (χ4n) is 0.918. The molecule has 11 heavy (non-hydrogen) atoms. The average Bonchev–Trinajstić information content (AvgIpc) is 2.03. The number of hydrogen-bond acceptors (Lipinski definition) is 3. The van der Waals surface area contributed by atoms with Gasteiger partial charge in [-0.25, -0.2) is 0 Å². The molecule has 0 aromatic heterocycles. The van der Waals surface area contributed by atoms with Gasteiger partial charge in [-0.2, -0.15) is 0 Å². The Hall–Kier alpha value is -0.120. The predicted octanol–water partition coefficient (Wildman–Crippen LogP) is 0.281. The lowest BCUT2D eigenvalue weighted by Gasteiger charge is -2.14. The van der Waals surface area contributed by atoms with Crippen molar-refractivity contribution in [1.82, 2.24) is 0 Å². The number of aliphatic hydroxyl groups excluding tert-OH is 3. The lowest BCUT2D eigenvalue weighted by atomic mass is 10.1. The van der Waals surface area contributed by atoms with Crippen LogP contribution < -0.4 is 0 Å². The summed E-state index contributed by atoms with van der Waals surface area (Å²) in [5.74, 6) is 0. The van der Waals surface area contributed by atoms with Crippen LogP contribution in [-0.4, -0.2) is 34.1 Å². The second-order valence-electron chi connectivity index (χ2n) is 2.81. The van der Waals surface area contributed by atoms with Crippen LogP contribution in [0.25, 0.3) is 0 Å². The molecule has 0 aliphatic heterocycles. The van der Waals surface area contributed by atoms with E-state index in [0.29, 0.717) is 6.42 Å². The van der Waals surface area contributed by atoms with Gasteiger partial charge >= 0.3 is 0 Å². The van der Waals surface area contributed by atoms with E-state index in [0.717, 1.165) is 19.3 Å². The van der Waals surface area contributed by atoms with E-state index in [2.05, 4.69) is 6.92 Å². The zero-order valence-electron chi connectivity index (χ0n) is 7.03.